The summed E-state index contributed by atoms with van der Waals surface area (Å²) in [4.78, 5) is 12.7. The number of H-pyrrole nitrogens is 1. The van der Waals surface area contributed by atoms with E-state index in [1.807, 2.05) is 6.20 Å². The van der Waals surface area contributed by atoms with Gasteiger partial charge < -0.3 is 25.5 Å². The van der Waals surface area contributed by atoms with Gasteiger partial charge in [0.2, 0.25) is 0 Å². The fraction of sp³-hybridized carbons (Fsp3) is 0.348. The smallest absolute Gasteiger partial charge is 0.138 e. The zero-order valence-electron chi connectivity index (χ0n) is 17.8. The van der Waals surface area contributed by atoms with Gasteiger partial charge in [0.05, 0.1) is 6.54 Å². The van der Waals surface area contributed by atoms with Crippen molar-refractivity contribution in [3.63, 3.8) is 0 Å². The minimum atomic E-state index is 0.532. The predicted molar refractivity (Wildman–Crippen MR) is 124 cm³/mol. The number of fused-ring (bicyclic) bond motifs is 1. The highest BCUT2D eigenvalue weighted by molar-refractivity contribution is 5.93. The first-order valence-electron chi connectivity index (χ1n) is 10.4. The van der Waals surface area contributed by atoms with Gasteiger partial charge in [0, 0.05) is 48.5 Å². The number of anilines is 1. The first kappa shape index (κ1) is 20.3. The monoisotopic (exact) mass is 405 g/mol. The second-order valence-corrected chi connectivity index (χ2v) is 8.12. The lowest BCUT2D eigenvalue weighted by Gasteiger charge is -2.36. The molecule has 1 saturated heterocycles. The summed E-state index contributed by atoms with van der Waals surface area (Å²) in [6.45, 7) is 2.86. The molecular formula is C23H31N7. The number of aromatic nitrogens is 2. The van der Waals surface area contributed by atoms with Gasteiger partial charge in [0.25, 0.3) is 0 Å². The molecule has 1 aliphatic heterocycles. The Balaban J connectivity index is 1.55. The summed E-state index contributed by atoms with van der Waals surface area (Å²) in [5, 5.41) is 2.63. The molecule has 1 aromatic carbocycles. The summed E-state index contributed by atoms with van der Waals surface area (Å²) in [6.07, 6.45) is 7.33. The number of likely N-dealkylation sites (tertiary alicyclic amines) is 1. The van der Waals surface area contributed by atoms with Crippen LogP contribution in [0.5, 0.6) is 0 Å². The van der Waals surface area contributed by atoms with Crippen LogP contribution in [0.25, 0.3) is 22.2 Å². The molecule has 0 bridgehead atoms. The second kappa shape index (κ2) is 8.77. The van der Waals surface area contributed by atoms with E-state index in [1.54, 1.807) is 6.20 Å². The number of nitrogens with two attached hydrogens (primary N) is 2. The van der Waals surface area contributed by atoms with Gasteiger partial charge >= 0.3 is 0 Å². The van der Waals surface area contributed by atoms with Crippen LogP contribution in [-0.4, -0.2) is 53.1 Å². The molecule has 5 N–H and O–H groups in total. The fourth-order valence-electron chi connectivity index (χ4n) is 4.25. The van der Waals surface area contributed by atoms with Crippen molar-refractivity contribution in [3.05, 3.63) is 60.7 Å². The highest BCUT2D eigenvalue weighted by Gasteiger charge is 2.21. The van der Waals surface area contributed by atoms with Gasteiger partial charge in [0.15, 0.2) is 0 Å². The second-order valence-electron chi connectivity index (χ2n) is 8.12. The van der Waals surface area contributed by atoms with Crippen LogP contribution in [0.3, 0.4) is 0 Å². The topological polar surface area (TPSA) is 90.4 Å². The molecule has 0 saturated carbocycles. The van der Waals surface area contributed by atoms with Crippen LogP contribution in [0.15, 0.2) is 55.0 Å². The number of piperidine rings is 1. The molecule has 0 amide bonds. The summed E-state index contributed by atoms with van der Waals surface area (Å²) in [5.74, 6) is 5.92. The van der Waals surface area contributed by atoms with Crippen molar-refractivity contribution >= 4 is 16.7 Å². The van der Waals surface area contributed by atoms with E-state index in [0.717, 1.165) is 22.3 Å². The van der Waals surface area contributed by atoms with Crippen LogP contribution in [0.4, 0.5) is 5.69 Å². The third-order valence-corrected chi connectivity index (χ3v) is 6.04. The minimum Gasteiger partial charge on any atom is -0.403 e. The maximum atomic E-state index is 5.92. The van der Waals surface area contributed by atoms with E-state index < -0.39 is 0 Å². The molecule has 7 nitrogen and oxygen atoms in total. The summed E-state index contributed by atoms with van der Waals surface area (Å²) < 4.78 is 0. The Labute approximate surface area is 177 Å². The average Bonchev–Trinajstić information content (AvgIpc) is 3.16. The molecule has 0 spiro atoms. The van der Waals surface area contributed by atoms with Gasteiger partial charge in [-0.3, -0.25) is 0 Å². The van der Waals surface area contributed by atoms with Gasteiger partial charge in [-0.1, -0.05) is 12.1 Å². The molecule has 2 aromatic heterocycles. The highest BCUT2D eigenvalue weighted by atomic mass is 15.4. The number of rotatable bonds is 6. The molecule has 3 aromatic rings. The van der Waals surface area contributed by atoms with Gasteiger partial charge in [-0.25, -0.2) is 10.8 Å². The number of nitrogens with one attached hydrogen (secondary N) is 1. The number of hydrogen-bond acceptors (Lipinski definition) is 6. The molecule has 158 valence electrons. The lowest BCUT2D eigenvalue weighted by Crippen LogP contribution is -2.41. The number of pyridine rings is 1. The fourth-order valence-corrected chi connectivity index (χ4v) is 4.25. The molecule has 0 radical (unpaired) electrons. The number of nitrogens with zero attached hydrogens (tertiary/aromatic N) is 4. The molecule has 0 atom stereocenters. The van der Waals surface area contributed by atoms with Crippen LogP contribution in [-0.2, 0) is 6.54 Å². The van der Waals surface area contributed by atoms with Crippen molar-refractivity contribution in [3.8, 4) is 11.1 Å². The maximum Gasteiger partial charge on any atom is 0.138 e. The van der Waals surface area contributed by atoms with E-state index in [2.05, 4.69) is 70.3 Å². The number of aromatic amines is 1. The first-order chi connectivity index (χ1) is 14.5. The lowest BCUT2D eigenvalue weighted by atomic mass is 10.0. The Hall–Kier alpha value is -3.03. The SMILES string of the molecule is CN1CCC(N(C)c2ccc(-c3ccnc4[nH]c(CN(N)/C=C\N)cc34)cc2)CC1. The zero-order valence-corrected chi connectivity index (χ0v) is 17.8. The lowest BCUT2D eigenvalue weighted by molar-refractivity contribution is 0.253. The third-order valence-electron chi connectivity index (χ3n) is 6.04. The van der Waals surface area contributed by atoms with E-state index in [0.29, 0.717) is 12.6 Å². The van der Waals surface area contributed by atoms with E-state index in [1.165, 1.54) is 48.4 Å². The number of hydrazine groups is 1. The zero-order chi connectivity index (χ0) is 21.1. The molecular weight excluding hydrogens is 374 g/mol. The van der Waals surface area contributed by atoms with Crippen LogP contribution in [0.1, 0.15) is 18.5 Å². The van der Waals surface area contributed by atoms with Gasteiger partial charge in [-0.2, -0.15) is 0 Å². The summed E-state index contributed by atoms with van der Waals surface area (Å²) in [5.41, 5.74) is 10.9. The molecule has 0 aliphatic carbocycles. The number of benzene rings is 1. The van der Waals surface area contributed by atoms with Crippen molar-refractivity contribution in [2.75, 3.05) is 32.1 Å². The highest BCUT2D eigenvalue weighted by Crippen LogP contribution is 2.30. The third kappa shape index (κ3) is 4.27. The minimum absolute atomic E-state index is 0.532. The molecule has 30 heavy (non-hydrogen) atoms. The largest absolute Gasteiger partial charge is 0.403 e. The first-order valence-corrected chi connectivity index (χ1v) is 10.4. The quantitative estimate of drug-likeness (QED) is 0.432. The van der Waals surface area contributed by atoms with Crippen LogP contribution >= 0.6 is 0 Å². The van der Waals surface area contributed by atoms with Gasteiger partial charge in [0.1, 0.15) is 5.65 Å². The van der Waals surface area contributed by atoms with E-state index in [-0.39, 0.29) is 0 Å². The Bertz CT molecular complexity index is 1000. The Morgan fingerprint density at radius 3 is 2.63 bits per heavy atom. The Morgan fingerprint density at radius 2 is 1.93 bits per heavy atom. The van der Waals surface area contributed by atoms with Gasteiger partial charge in [-0.15, -0.1) is 0 Å². The van der Waals surface area contributed by atoms with Crippen molar-refractivity contribution in [2.24, 2.45) is 11.6 Å². The Morgan fingerprint density at radius 1 is 1.20 bits per heavy atom. The predicted octanol–water partition coefficient (Wildman–Crippen LogP) is 2.87. The average molecular weight is 406 g/mol. The summed E-state index contributed by atoms with van der Waals surface area (Å²) in [6, 6.07) is 13.6. The van der Waals surface area contributed by atoms with Gasteiger partial charge in [-0.05, 0) is 68.4 Å². The molecule has 1 aliphatic rings. The molecule has 4 rings (SSSR count). The van der Waals surface area contributed by atoms with Crippen molar-refractivity contribution in [1.82, 2.24) is 19.9 Å². The summed E-state index contributed by atoms with van der Waals surface area (Å²) >= 11 is 0. The van der Waals surface area contributed by atoms with Crippen molar-refractivity contribution < 1.29 is 0 Å². The van der Waals surface area contributed by atoms with Crippen LogP contribution < -0.4 is 16.5 Å². The van der Waals surface area contributed by atoms with Crippen molar-refractivity contribution in [1.29, 1.82) is 0 Å². The molecule has 7 heteroatoms. The standard InChI is InChI=1S/C23H31N7/c1-28-12-8-20(9-13-28)29(2)19-5-3-17(4-6-19)21-7-11-26-23-22(21)15-18(27-23)16-30(25)14-10-24/h3-7,10-11,14-15,20H,8-9,12-13,16,24-25H2,1-2H3,(H,26,27)/b14-10-. The van der Waals surface area contributed by atoms with E-state index in [9.17, 15) is 0 Å². The van der Waals surface area contributed by atoms with Crippen molar-refractivity contribution in [2.45, 2.75) is 25.4 Å². The van der Waals surface area contributed by atoms with E-state index >= 15 is 0 Å². The molecule has 3 heterocycles. The van der Waals surface area contributed by atoms with Crippen LogP contribution in [0, 0.1) is 0 Å². The maximum absolute atomic E-state index is 5.92. The summed E-state index contributed by atoms with van der Waals surface area (Å²) in [7, 11) is 4.41. The Kier molecular flexibility index (Phi) is 5.92. The van der Waals surface area contributed by atoms with Crippen LogP contribution in [0.2, 0.25) is 0 Å². The molecule has 1 fully saturated rings. The molecule has 0 unspecified atom stereocenters. The van der Waals surface area contributed by atoms with E-state index in [4.69, 9.17) is 11.6 Å². The number of hydrogen-bond donors (Lipinski definition) is 3. The normalized spacial score (nSPS) is 15.8.